The molecular weight excluding hydrogens is 230 g/mol. The largest absolute Gasteiger partial charge is 0.376 e. The first-order chi connectivity index (χ1) is 8.83. The summed E-state index contributed by atoms with van der Waals surface area (Å²) >= 11 is 0. The maximum Gasteiger partial charge on any atom is 0.251 e. The molecule has 0 aromatic carbocycles. The van der Waals surface area contributed by atoms with Crippen molar-refractivity contribution in [2.75, 3.05) is 13.2 Å². The lowest BCUT2D eigenvalue weighted by molar-refractivity contribution is 0.0858. The number of hydrogen-bond donors (Lipinski definition) is 1. The molecule has 1 aliphatic rings. The van der Waals surface area contributed by atoms with Crippen molar-refractivity contribution in [1.82, 2.24) is 14.7 Å². The SMILES string of the molecule is O=C(NCC1CCCO1)c1ccn2cncc2c1. The summed E-state index contributed by atoms with van der Waals surface area (Å²) in [5.74, 6) is -0.0609. The van der Waals surface area contributed by atoms with Gasteiger partial charge in [0.05, 0.1) is 24.1 Å². The molecule has 2 aromatic rings. The molecule has 3 heterocycles. The van der Waals surface area contributed by atoms with E-state index in [1.165, 1.54) is 0 Å². The molecule has 0 saturated carbocycles. The number of carbonyl (C=O) groups is 1. The van der Waals surface area contributed by atoms with Crippen molar-refractivity contribution in [2.24, 2.45) is 0 Å². The molecule has 94 valence electrons. The van der Waals surface area contributed by atoms with Crippen LogP contribution >= 0.6 is 0 Å². The third-order valence-corrected chi connectivity index (χ3v) is 3.19. The summed E-state index contributed by atoms with van der Waals surface area (Å²) in [5, 5.41) is 2.90. The molecule has 1 saturated heterocycles. The minimum atomic E-state index is -0.0609. The van der Waals surface area contributed by atoms with Gasteiger partial charge in [0.25, 0.3) is 5.91 Å². The maximum atomic E-state index is 12.0. The van der Waals surface area contributed by atoms with Crippen molar-refractivity contribution in [3.05, 3.63) is 36.4 Å². The van der Waals surface area contributed by atoms with Crippen LogP contribution in [0.25, 0.3) is 5.52 Å². The first-order valence-corrected chi connectivity index (χ1v) is 6.14. The van der Waals surface area contributed by atoms with Crippen molar-refractivity contribution in [3.8, 4) is 0 Å². The number of fused-ring (bicyclic) bond motifs is 1. The number of amides is 1. The molecule has 0 spiro atoms. The van der Waals surface area contributed by atoms with Crippen LogP contribution in [0.2, 0.25) is 0 Å². The first kappa shape index (κ1) is 11.2. The van der Waals surface area contributed by atoms with Gasteiger partial charge in [-0.25, -0.2) is 4.98 Å². The van der Waals surface area contributed by atoms with Crippen LogP contribution in [0.3, 0.4) is 0 Å². The number of nitrogens with zero attached hydrogens (tertiary/aromatic N) is 2. The zero-order chi connectivity index (χ0) is 12.4. The summed E-state index contributed by atoms with van der Waals surface area (Å²) in [5.41, 5.74) is 1.57. The van der Waals surface area contributed by atoms with Crippen LogP contribution in [0.15, 0.2) is 30.9 Å². The lowest BCUT2D eigenvalue weighted by Crippen LogP contribution is -2.31. The summed E-state index contributed by atoms with van der Waals surface area (Å²) in [6, 6.07) is 3.62. The van der Waals surface area contributed by atoms with Gasteiger partial charge in [-0.2, -0.15) is 0 Å². The van der Waals surface area contributed by atoms with E-state index in [4.69, 9.17) is 4.74 Å². The minimum Gasteiger partial charge on any atom is -0.376 e. The molecule has 3 rings (SSSR count). The fraction of sp³-hybridized carbons (Fsp3) is 0.385. The summed E-state index contributed by atoms with van der Waals surface area (Å²) in [6.45, 7) is 1.39. The van der Waals surface area contributed by atoms with Crippen LogP contribution in [-0.4, -0.2) is 34.5 Å². The van der Waals surface area contributed by atoms with Crippen LogP contribution in [0.5, 0.6) is 0 Å². The highest BCUT2D eigenvalue weighted by Gasteiger charge is 2.16. The Hall–Kier alpha value is -1.88. The van der Waals surface area contributed by atoms with E-state index in [-0.39, 0.29) is 12.0 Å². The molecule has 5 nitrogen and oxygen atoms in total. The van der Waals surface area contributed by atoms with Crippen molar-refractivity contribution < 1.29 is 9.53 Å². The van der Waals surface area contributed by atoms with E-state index >= 15 is 0 Å². The molecular formula is C13H15N3O2. The summed E-state index contributed by atoms with van der Waals surface area (Å²) in [6.07, 6.45) is 7.57. The van der Waals surface area contributed by atoms with Gasteiger partial charge in [0.2, 0.25) is 0 Å². The van der Waals surface area contributed by atoms with Gasteiger partial charge in [-0.3, -0.25) is 4.79 Å². The van der Waals surface area contributed by atoms with Crippen LogP contribution in [-0.2, 0) is 4.74 Å². The number of hydrogen-bond acceptors (Lipinski definition) is 3. The van der Waals surface area contributed by atoms with Gasteiger partial charge >= 0.3 is 0 Å². The Kier molecular flexibility index (Phi) is 2.98. The van der Waals surface area contributed by atoms with Gasteiger partial charge in [0.15, 0.2) is 0 Å². The summed E-state index contributed by atoms with van der Waals surface area (Å²) in [4.78, 5) is 16.0. The van der Waals surface area contributed by atoms with Crippen molar-refractivity contribution >= 4 is 11.4 Å². The van der Waals surface area contributed by atoms with E-state index < -0.39 is 0 Å². The number of rotatable bonds is 3. The second-order valence-corrected chi connectivity index (χ2v) is 4.49. The number of carbonyl (C=O) groups excluding carboxylic acids is 1. The normalized spacial score (nSPS) is 19.2. The molecule has 5 heteroatoms. The van der Waals surface area contributed by atoms with E-state index in [0.717, 1.165) is 25.0 Å². The van der Waals surface area contributed by atoms with E-state index in [2.05, 4.69) is 10.3 Å². The highest BCUT2D eigenvalue weighted by Crippen LogP contribution is 2.11. The molecule has 0 bridgehead atoms. The zero-order valence-electron chi connectivity index (χ0n) is 10.0. The Morgan fingerprint density at radius 1 is 1.61 bits per heavy atom. The first-order valence-electron chi connectivity index (χ1n) is 6.14. The Labute approximate surface area is 105 Å². The topological polar surface area (TPSA) is 55.6 Å². The smallest absolute Gasteiger partial charge is 0.251 e. The Balaban J connectivity index is 1.67. The Morgan fingerprint density at radius 3 is 3.39 bits per heavy atom. The van der Waals surface area contributed by atoms with E-state index in [1.807, 2.05) is 16.7 Å². The van der Waals surface area contributed by atoms with Crippen molar-refractivity contribution in [3.63, 3.8) is 0 Å². The van der Waals surface area contributed by atoms with Gasteiger partial charge in [-0.05, 0) is 25.0 Å². The third-order valence-electron chi connectivity index (χ3n) is 3.19. The molecule has 1 aliphatic heterocycles. The molecule has 1 atom stereocenters. The number of imidazole rings is 1. The molecule has 0 radical (unpaired) electrons. The second kappa shape index (κ2) is 4.78. The number of ether oxygens (including phenoxy) is 1. The zero-order valence-corrected chi connectivity index (χ0v) is 10.0. The lowest BCUT2D eigenvalue weighted by Gasteiger charge is -2.10. The average Bonchev–Trinajstić information content (AvgIpc) is 3.05. The fourth-order valence-corrected chi connectivity index (χ4v) is 2.17. The molecule has 2 aromatic heterocycles. The van der Waals surface area contributed by atoms with Crippen LogP contribution in [0.1, 0.15) is 23.2 Å². The van der Waals surface area contributed by atoms with E-state index in [1.54, 1.807) is 18.6 Å². The minimum absolute atomic E-state index is 0.0609. The van der Waals surface area contributed by atoms with Crippen LogP contribution < -0.4 is 5.32 Å². The lowest BCUT2D eigenvalue weighted by atomic mass is 10.2. The van der Waals surface area contributed by atoms with Gasteiger partial charge in [-0.15, -0.1) is 0 Å². The van der Waals surface area contributed by atoms with Gasteiger partial charge in [0, 0.05) is 24.9 Å². The number of nitrogens with one attached hydrogen (secondary N) is 1. The Morgan fingerprint density at radius 2 is 2.56 bits per heavy atom. The second-order valence-electron chi connectivity index (χ2n) is 4.49. The Bertz CT molecular complexity index is 558. The fourth-order valence-electron chi connectivity index (χ4n) is 2.17. The summed E-state index contributed by atoms with van der Waals surface area (Å²) < 4.78 is 7.34. The highest BCUT2D eigenvalue weighted by atomic mass is 16.5. The van der Waals surface area contributed by atoms with E-state index in [0.29, 0.717) is 12.1 Å². The monoisotopic (exact) mass is 245 g/mol. The third kappa shape index (κ3) is 2.22. The highest BCUT2D eigenvalue weighted by molar-refractivity contribution is 5.95. The molecule has 1 N–H and O–H groups in total. The molecule has 1 amide bonds. The van der Waals surface area contributed by atoms with Gasteiger partial charge in [-0.1, -0.05) is 0 Å². The molecule has 1 unspecified atom stereocenters. The van der Waals surface area contributed by atoms with Gasteiger partial charge in [0.1, 0.15) is 0 Å². The van der Waals surface area contributed by atoms with Gasteiger partial charge < -0.3 is 14.5 Å². The molecule has 1 fully saturated rings. The average molecular weight is 245 g/mol. The van der Waals surface area contributed by atoms with Crippen molar-refractivity contribution in [1.29, 1.82) is 0 Å². The molecule has 0 aliphatic carbocycles. The predicted molar refractivity (Wildman–Crippen MR) is 66.5 cm³/mol. The quantitative estimate of drug-likeness (QED) is 0.885. The number of pyridine rings is 1. The number of aromatic nitrogens is 2. The van der Waals surface area contributed by atoms with Crippen LogP contribution in [0.4, 0.5) is 0 Å². The summed E-state index contributed by atoms with van der Waals surface area (Å²) in [7, 11) is 0. The van der Waals surface area contributed by atoms with Crippen LogP contribution in [0, 0.1) is 0 Å². The predicted octanol–water partition coefficient (Wildman–Crippen LogP) is 1.24. The van der Waals surface area contributed by atoms with E-state index in [9.17, 15) is 4.79 Å². The maximum absolute atomic E-state index is 12.0. The molecule has 18 heavy (non-hydrogen) atoms. The standard InChI is InChI=1S/C13H15N3O2/c17-13(15-8-12-2-1-5-18-12)10-3-4-16-9-14-7-11(16)6-10/h3-4,6-7,9,12H,1-2,5,8H2,(H,15,17). The van der Waals surface area contributed by atoms with Crippen molar-refractivity contribution in [2.45, 2.75) is 18.9 Å².